The largest absolute Gasteiger partial charge is 0.391 e. The molecule has 0 aromatic heterocycles. The van der Waals surface area contributed by atoms with Gasteiger partial charge in [-0.1, -0.05) is 49.4 Å². The summed E-state index contributed by atoms with van der Waals surface area (Å²) in [7, 11) is 0. The van der Waals surface area contributed by atoms with Crippen molar-refractivity contribution in [2.24, 2.45) is 5.92 Å². The number of nitrogens with zero attached hydrogens (tertiary/aromatic N) is 1. The normalized spacial score (nSPS) is 21.1. The smallest absolute Gasteiger partial charge is 0.226 e. The lowest BCUT2D eigenvalue weighted by molar-refractivity contribution is -0.141. The van der Waals surface area contributed by atoms with Crippen LogP contribution in [0, 0.1) is 5.92 Å². The van der Waals surface area contributed by atoms with Crippen LogP contribution >= 0.6 is 0 Å². The number of Topliss-reactive ketones (excluding diaryl/α,β-unsaturated/α-hetero) is 2. The number of likely N-dealkylation sites (tertiary alicyclic amines) is 1. The first-order chi connectivity index (χ1) is 12.4. The number of allylic oxidation sites excluding steroid dienone is 1. The number of benzene rings is 1. The molecule has 1 aliphatic rings. The molecule has 0 spiro atoms. The first kappa shape index (κ1) is 20.0. The van der Waals surface area contributed by atoms with Crippen molar-refractivity contribution in [3.63, 3.8) is 0 Å². The number of aliphatic hydroxyl groups is 1. The lowest BCUT2D eigenvalue weighted by Crippen LogP contribution is -2.43. The highest BCUT2D eigenvalue weighted by atomic mass is 16.3. The quantitative estimate of drug-likeness (QED) is 0.776. The van der Waals surface area contributed by atoms with Crippen molar-refractivity contribution in [2.75, 3.05) is 6.54 Å². The second-order valence-corrected chi connectivity index (χ2v) is 7.02. The Kier molecular flexibility index (Phi) is 7.27. The van der Waals surface area contributed by atoms with Crippen molar-refractivity contribution < 1.29 is 19.5 Å². The maximum atomic E-state index is 12.6. The summed E-state index contributed by atoms with van der Waals surface area (Å²) in [6.07, 6.45) is 4.58. The van der Waals surface area contributed by atoms with E-state index in [0.29, 0.717) is 12.8 Å². The van der Waals surface area contributed by atoms with Crippen molar-refractivity contribution in [1.82, 2.24) is 4.90 Å². The number of hydrogen-bond donors (Lipinski definition) is 1. The summed E-state index contributed by atoms with van der Waals surface area (Å²) in [5, 5.41) is 9.92. The van der Waals surface area contributed by atoms with E-state index < -0.39 is 18.1 Å². The van der Waals surface area contributed by atoms with Gasteiger partial charge in [0.05, 0.1) is 12.1 Å². The van der Waals surface area contributed by atoms with Gasteiger partial charge in [0.25, 0.3) is 0 Å². The van der Waals surface area contributed by atoms with E-state index in [4.69, 9.17) is 0 Å². The number of β-amino-alcohol motifs (C(OH)–C–C–N with tert-alkyl or cyclic N) is 1. The predicted molar refractivity (Wildman–Crippen MR) is 100 cm³/mol. The van der Waals surface area contributed by atoms with Gasteiger partial charge in [-0.15, -0.1) is 0 Å². The molecule has 1 aromatic rings. The average molecular weight is 357 g/mol. The molecule has 1 fully saturated rings. The number of carbonyl (C=O) groups is 3. The Morgan fingerprint density at radius 3 is 2.62 bits per heavy atom. The molecule has 1 N–H and O–H groups in total. The third-order valence-corrected chi connectivity index (χ3v) is 4.62. The van der Waals surface area contributed by atoms with Crippen molar-refractivity contribution in [2.45, 2.75) is 51.7 Å². The van der Waals surface area contributed by atoms with Crippen LogP contribution in [0.1, 0.15) is 45.1 Å². The van der Waals surface area contributed by atoms with Crippen LogP contribution in [0.2, 0.25) is 0 Å². The Bertz CT molecular complexity index is 668. The van der Waals surface area contributed by atoms with Crippen molar-refractivity contribution in [3.8, 4) is 0 Å². The van der Waals surface area contributed by atoms with Crippen LogP contribution < -0.4 is 0 Å². The van der Waals surface area contributed by atoms with Crippen LogP contribution in [-0.2, 0) is 14.4 Å². The molecule has 1 saturated heterocycles. The molecule has 1 aromatic carbocycles. The van der Waals surface area contributed by atoms with E-state index in [1.165, 1.54) is 11.8 Å². The van der Waals surface area contributed by atoms with Crippen LogP contribution in [-0.4, -0.2) is 46.2 Å². The lowest BCUT2D eigenvalue weighted by Gasteiger charge is -2.26. The van der Waals surface area contributed by atoms with Gasteiger partial charge >= 0.3 is 0 Å². The fourth-order valence-corrected chi connectivity index (χ4v) is 3.34. The SMILES string of the molecule is CC(=O)C[C@@H](C)C(=O)N1C[C@H](O)C[C@H]1C(=O)CC/C=C/c1ccccc1. The number of rotatable bonds is 8. The maximum absolute atomic E-state index is 12.6. The molecule has 3 atom stereocenters. The fraction of sp³-hybridized carbons (Fsp3) is 0.476. The Hall–Kier alpha value is -2.27. The topological polar surface area (TPSA) is 74.7 Å². The van der Waals surface area contributed by atoms with Crippen molar-refractivity contribution in [1.29, 1.82) is 0 Å². The van der Waals surface area contributed by atoms with Crippen LogP contribution in [0.4, 0.5) is 0 Å². The first-order valence-corrected chi connectivity index (χ1v) is 9.10. The van der Waals surface area contributed by atoms with Crippen LogP contribution in [0.25, 0.3) is 6.08 Å². The minimum absolute atomic E-state index is 0.0392. The van der Waals surface area contributed by atoms with E-state index in [-0.39, 0.29) is 36.9 Å². The monoisotopic (exact) mass is 357 g/mol. The summed E-state index contributed by atoms with van der Waals surface area (Å²) < 4.78 is 0. The molecular formula is C21H27NO4. The minimum Gasteiger partial charge on any atom is -0.391 e. The molecule has 1 heterocycles. The molecule has 0 saturated carbocycles. The van der Waals surface area contributed by atoms with Gasteiger partial charge in [-0.3, -0.25) is 9.59 Å². The highest BCUT2D eigenvalue weighted by Gasteiger charge is 2.39. The number of carbonyl (C=O) groups excluding carboxylic acids is 3. The maximum Gasteiger partial charge on any atom is 0.226 e. The van der Waals surface area contributed by atoms with E-state index in [0.717, 1.165) is 5.56 Å². The van der Waals surface area contributed by atoms with Gasteiger partial charge in [0.2, 0.25) is 5.91 Å². The number of aliphatic hydroxyl groups excluding tert-OH is 1. The predicted octanol–water partition coefficient (Wildman–Crippen LogP) is 2.63. The Balaban J connectivity index is 1.92. The summed E-state index contributed by atoms with van der Waals surface area (Å²) >= 11 is 0. The van der Waals surface area contributed by atoms with Gasteiger partial charge in [-0.25, -0.2) is 0 Å². The third-order valence-electron chi connectivity index (χ3n) is 4.62. The summed E-state index contributed by atoms with van der Waals surface area (Å²) in [6, 6.07) is 9.25. The molecule has 5 nitrogen and oxygen atoms in total. The molecule has 5 heteroatoms. The average Bonchev–Trinajstić information content (AvgIpc) is 3.00. The standard InChI is InChI=1S/C21H27NO4/c1-15(12-16(2)23)21(26)22-14-18(24)13-19(22)20(25)11-7-6-10-17-8-4-3-5-9-17/h3-6,8-10,15,18-19,24H,7,11-14H2,1-2H3/b10-6+/t15-,18-,19+/m1/s1. The molecule has 0 bridgehead atoms. The van der Waals surface area contributed by atoms with Crippen LogP contribution in [0.15, 0.2) is 36.4 Å². The lowest BCUT2D eigenvalue weighted by atomic mass is 10.0. The van der Waals surface area contributed by atoms with Gasteiger partial charge in [-0.05, 0) is 18.9 Å². The second kappa shape index (κ2) is 9.43. The number of hydrogen-bond acceptors (Lipinski definition) is 4. The van der Waals surface area contributed by atoms with E-state index in [1.54, 1.807) is 6.92 Å². The summed E-state index contributed by atoms with van der Waals surface area (Å²) in [5.41, 5.74) is 1.08. The zero-order valence-corrected chi connectivity index (χ0v) is 15.4. The third kappa shape index (κ3) is 5.63. The fourth-order valence-electron chi connectivity index (χ4n) is 3.34. The molecule has 140 valence electrons. The molecule has 1 aliphatic heterocycles. The van der Waals surface area contributed by atoms with Gasteiger partial charge in [0.15, 0.2) is 5.78 Å². The number of amides is 1. The molecule has 26 heavy (non-hydrogen) atoms. The molecule has 0 unspecified atom stereocenters. The van der Waals surface area contributed by atoms with Gasteiger partial charge < -0.3 is 14.8 Å². The molecule has 2 rings (SSSR count). The van der Waals surface area contributed by atoms with E-state index >= 15 is 0 Å². The van der Waals surface area contributed by atoms with Gasteiger partial charge in [0, 0.05) is 31.7 Å². The number of ketones is 2. The Morgan fingerprint density at radius 1 is 1.27 bits per heavy atom. The van der Waals surface area contributed by atoms with Crippen LogP contribution in [0.5, 0.6) is 0 Å². The summed E-state index contributed by atoms with van der Waals surface area (Å²) in [5.74, 6) is -0.789. The molecule has 1 amide bonds. The summed E-state index contributed by atoms with van der Waals surface area (Å²) in [6.45, 7) is 3.31. The minimum atomic E-state index is -0.683. The highest BCUT2D eigenvalue weighted by molar-refractivity contribution is 5.92. The molecule has 0 radical (unpaired) electrons. The molecular weight excluding hydrogens is 330 g/mol. The van der Waals surface area contributed by atoms with E-state index in [1.807, 2.05) is 42.5 Å². The summed E-state index contributed by atoms with van der Waals surface area (Å²) in [4.78, 5) is 37.8. The van der Waals surface area contributed by atoms with Gasteiger partial charge in [0.1, 0.15) is 5.78 Å². The van der Waals surface area contributed by atoms with Gasteiger partial charge in [-0.2, -0.15) is 0 Å². The Labute approximate surface area is 154 Å². The van der Waals surface area contributed by atoms with Crippen molar-refractivity contribution in [3.05, 3.63) is 42.0 Å². The van der Waals surface area contributed by atoms with E-state index in [2.05, 4.69) is 0 Å². The zero-order valence-electron chi connectivity index (χ0n) is 15.4. The van der Waals surface area contributed by atoms with Crippen molar-refractivity contribution >= 4 is 23.5 Å². The molecule has 0 aliphatic carbocycles. The highest BCUT2D eigenvalue weighted by Crippen LogP contribution is 2.23. The zero-order chi connectivity index (χ0) is 19.1. The second-order valence-electron chi connectivity index (χ2n) is 7.02. The first-order valence-electron chi connectivity index (χ1n) is 9.10. The Morgan fingerprint density at radius 2 is 1.96 bits per heavy atom. The van der Waals surface area contributed by atoms with Crippen LogP contribution in [0.3, 0.4) is 0 Å². The van der Waals surface area contributed by atoms with E-state index in [9.17, 15) is 19.5 Å².